The van der Waals surface area contributed by atoms with Crippen molar-refractivity contribution < 1.29 is 8.81 Å². The van der Waals surface area contributed by atoms with Gasteiger partial charge in [-0.15, -0.1) is 0 Å². The maximum atomic E-state index is 13.8. The summed E-state index contributed by atoms with van der Waals surface area (Å²) in [4.78, 5) is 4.34. The number of rotatable bonds is 1. The molecule has 4 heteroatoms. The highest BCUT2D eigenvalue weighted by Crippen LogP contribution is 2.30. The number of aromatic nitrogens is 1. The molecule has 0 saturated carbocycles. The van der Waals surface area contributed by atoms with Crippen LogP contribution in [0.2, 0.25) is 0 Å². The summed E-state index contributed by atoms with van der Waals surface area (Å²) < 4.78 is 20.1. The van der Waals surface area contributed by atoms with E-state index >= 15 is 0 Å². The Balaban J connectivity index is 2.19. The number of halogens is 2. The predicted octanol–water partition coefficient (Wildman–Crippen LogP) is 4.70. The summed E-state index contributed by atoms with van der Waals surface area (Å²) >= 11 is 3.23. The highest BCUT2D eigenvalue weighted by atomic mass is 79.9. The summed E-state index contributed by atoms with van der Waals surface area (Å²) in [6.07, 6.45) is 0. The van der Waals surface area contributed by atoms with Crippen molar-refractivity contribution in [3.05, 3.63) is 52.4 Å². The zero-order chi connectivity index (χ0) is 12.7. The maximum absolute atomic E-state index is 13.8. The quantitative estimate of drug-likeness (QED) is 0.651. The van der Waals surface area contributed by atoms with Crippen molar-refractivity contribution in [2.75, 3.05) is 0 Å². The van der Waals surface area contributed by atoms with Crippen LogP contribution in [0, 0.1) is 12.7 Å². The van der Waals surface area contributed by atoms with Crippen LogP contribution in [0.1, 0.15) is 5.69 Å². The van der Waals surface area contributed by atoms with Crippen molar-refractivity contribution in [1.82, 2.24) is 4.98 Å². The molecule has 0 bridgehead atoms. The monoisotopic (exact) mass is 305 g/mol. The average Bonchev–Trinajstić information content (AvgIpc) is 2.71. The molecule has 90 valence electrons. The summed E-state index contributed by atoms with van der Waals surface area (Å²) in [5, 5.41) is 0. The summed E-state index contributed by atoms with van der Waals surface area (Å²) in [7, 11) is 0. The molecule has 3 aromatic rings. The molecule has 0 saturated heterocycles. The lowest BCUT2D eigenvalue weighted by molar-refractivity contribution is 0.601. The minimum atomic E-state index is -0.319. The largest absolute Gasteiger partial charge is 0.454 e. The van der Waals surface area contributed by atoms with Gasteiger partial charge in [0.1, 0.15) is 17.1 Å². The topological polar surface area (TPSA) is 26.0 Å². The van der Waals surface area contributed by atoms with Gasteiger partial charge in [0.15, 0.2) is 5.58 Å². The van der Waals surface area contributed by atoms with Crippen molar-refractivity contribution in [3.8, 4) is 11.3 Å². The molecule has 0 atom stereocenters. The smallest absolute Gasteiger partial charge is 0.153 e. The Morgan fingerprint density at radius 2 is 2.00 bits per heavy atom. The molecule has 3 rings (SSSR count). The fourth-order valence-electron chi connectivity index (χ4n) is 1.85. The summed E-state index contributed by atoms with van der Waals surface area (Å²) in [6.45, 7) is 1.91. The minimum absolute atomic E-state index is 0.319. The van der Waals surface area contributed by atoms with Crippen LogP contribution in [0.25, 0.3) is 22.4 Å². The third-order valence-electron chi connectivity index (χ3n) is 2.71. The SMILES string of the molecule is Cc1ccc2oc(-c3ccc(Br)cc3F)cc2n1. The number of hydrogen-bond acceptors (Lipinski definition) is 2. The van der Waals surface area contributed by atoms with Gasteiger partial charge in [-0.25, -0.2) is 9.37 Å². The fraction of sp³-hybridized carbons (Fsp3) is 0.0714. The summed E-state index contributed by atoms with van der Waals surface area (Å²) in [5.41, 5.74) is 2.75. The van der Waals surface area contributed by atoms with E-state index in [1.54, 1.807) is 18.2 Å². The van der Waals surface area contributed by atoms with Crippen molar-refractivity contribution >= 4 is 27.0 Å². The van der Waals surface area contributed by atoms with Crippen LogP contribution in [-0.2, 0) is 0 Å². The van der Waals surface area contributed by atoms with Gasteiger partial charge < -0.3 is 4.42 Å². The third-order valence-corrected chi connectivity index (χ3v) is 3.20. The van der Waals surface area contributed by atoms with Gasteiger partial charge in [0.2, 0.25) is 0 Å². The maximum Gasteiger partial charge on any atom is 0.153 e. The molecule has 1 aromatic carbocycles. The lowest BCUT2D eigenvalue weighted by atomic mass is 10.1. The fourth-order valence-corrected chi connectivity index (χ4v) is 2.18. The molecule has 0 unspecified atom stereocenters. The molecule has 2 heterocycles. The molecular formula is C14H9BrFNO. The second-order valence-corrected chi connectivity index (χ2v) is 4.99. The van der Waals surface area contributed by atoms with Crippen LogP contribution in [0.15, 0.2) is 45.3 Å². The molecule has 2 aromatic heterocycles. The second kappa shape index (κ2) is 4.21. The zero-order valence-corrected chi connectivity index (χ0v) is 11.2. The van der Waals surface area contributed by atoms with Crippen molar-refractivity contribution in [3.63, 3.8) is 0 Å². The Labute approximate surface area is 112 Å². The number of benzene rings is 1. The lowest BCUT2D eigenvalue weighted by Crippen LogP contribution is -1.81. The molecule has 0 aliphatic carbocycles. The second-order valence-electron chi connectivity index (χ2n) is 4.07. The van der Waals surface area contributed by atoms with Gasteiger partial charge in [0, 0.05) is 16.2 Å². The van der Waals surface area contributed by atoms with Gasteiger partial charge in [0.25, 0.3) is 0 Å². The van der Waals surface area contributed by atoms with E-state index in [-0.39, 0.29) is 5.82 Å². The van der Waals surface area contributed by atoms with Crippen molar-refractivity contribution in [1.29, 1.82) is 0 Å². The van der Waals surface area contributed by atoms with Crippen LogP contribution in [0.5, 0.6) is 0 Å². The molecule has 2 nitrogen and oxygen atoms in total. The lowest BCUT2D eigenvalue weighted by Gasteiger charge is -1.99. The first-order valence-electron chi connectivity index (χ1n) is 5.46. The minimum Gasteiger partial charge on any atom is -0.454 e. The van der Waals surface area contributed by atoms with E-state index in [4.69, 9.17) is 4.42 Å². The molecule has 18 heavy (non-hydrogen) atoms. The van der Waals surface area contributed by atoms with Gasteiger partial charge in [-0.3, -0.25) is 0 Å². The first-order valence-corrected chi connectivity index (χ1v) is 6.25. The Kier molecular flexibility index (Phi) is 2.67. The van der Waals surface area contributed by atoms with Crippen LogP contribution < -0.4 is 0 Å². The summed E-state index contributed by atoms with van der Waals surface area (Å²) in [6, 6.07) is 10.4. The highest BCUT2D eigenvalue weighted by Gasteiger charge is 2.11. The van der Waals surface area contributed by atoms with Gasteiger partial charge >= 0.3 is 0 Å². The average molecular weight is 306 g/mol. The Bertz CT molecular complexity index is 736. The third kappa shape index (κ3) is 1.93. The van der Waals surface area contributed by atoms with E-state index in [0.29, 0.717) is 21.4 Å². The molecule has 0 fully saturated rings. The normalized spacial score (nSPS) is 11.1. The van der Waals surface area contributed by atoms with E-state index < -0.39 is 0 Å². The summed E-state index contributed by atoms with van der Waals surface area (Å²) in [5.74, 6) is 0.174. The molecule has 0 spiro atoms. The van der Waals surface area contributed by atoms with Gasteiger partial charge in [-0.1, -0.05) is 15.9 Å². The Morgan fingerprint density at radius 3 is 2.78 bits per heavy atom. The first kappa shape index (κ1) is 11.4. The molecule has 0 aliphatic heterocycles. The van der Waals surface area contributed by atoms with Crippen molar-refractivity contribution in [2.45, 2.75) is 6.92 Å². The molecule has 0 aliphatic rings. The number of furan rings is 1. The molecule has 0 N–H and O–H groups in total. The Morgan fingerprint density at radius 1 is 1.17 bits per heavy atom. The first-order chi connectivity index (χ1) is 8.63. The van der Waals surface area contributed by atoms with E-state index in [1.807, 2.05) is 19.1 Å². The standard InChI is InChI=1S/C14H9BrFNO/c1-8-2-5-13-12(17-8)7-14(18-13)10-4-3-9(15)6-11(10)16/h2-7H,1H3. The number of pyridine rings is 1. The number of aryl methyl sites for hydroxylation is 1. The zero-order valence-electron chi connectivity index (χ0n) is 9.58. The van der Waals surface area contributed by atoms with Crippen molar-refractivity contribution in [2.24, 2.45) is 0 Å². The molecule has 0 radical (unpaired) electrons. The van der Waals surface area contributed by atoms with E-state index in [2.05, 4.69) is 20.9 Å². The number of hydrogen-bond donors (Lipinski definition) is 0. The van der Waals surface area contributed by atoms with Gasteiger partial charge in [0.05, 0.1) is 5.56 Å². The van der Waals surface area contributed by atoms with Crippen LogP contribution >= 0.6 is 15.9 Å². The van der Waals surface area contributed by atoms with Gasteiger partial charge in [-0.2, -0.15) is 0 Å². The molecular weight excluding hydrogens is 297 g/mol. The van der Waals surface area contributed by atoms with E-state index in [0.717, 1.165) is 11.2 Å². The predicted molar refractivity (Wildman–Crippen MR) is 71.8 cm³/mol. The van der Waals surface area contributed by atoms with Crippen LogP contribution in [0.3, 0.4) is 0 Å². The number of fused-ring (bicyclic) bond motifs is 1. The van der Waals surface area contributed by atoms with Crippen LogP contribution in [-0.4, -0.2) is 4.98 Å². The Hall–Kier alpha value is -1.68. The molecule has 0 amide bonds. The van der Waals surface area contributed by atoms with Crippen LogP contribution in [0.4, 0.5) is 4.39 Å². The highest BCUT2D eigenvalue weighted by molar-refractivity contribution is 9.10. The van der Waals surface area contributed by atoms with Gasteiger partial charge in [-0.05, 0) is 37.3 Å². The van der Waals surface area contributed by atoms with E-state index in [9.17, 15) is 4.39 Å². The number of nitrogens with zero attached hydrogens (tertiary/aromatic N) is 1. The van der Waals surface area contributed by atoms with E-state index in [1.165, 1.54) is 6.07 Å².